The van der Waals surface area contributed by atoms with Gasteiger partial charge in [0.1, 0.15) is 0 Å². The second-order valence-electron chi connectivity index (χ2n) is 4.54. The molecule has 0 saturated carbocycles. The predicted octanol–water partition coefficient (Wildman–Crippen LogP) is 5.60. The summed E-state index contributed by atoms with van der Waals surface area (Å²) < 4.78 is 39.0. The standard InChI is InChI=1S/C16H14ClF3/c1-2-11-7-9-12(10-8-11)15(17)13-5-3-4-6-14(13)16(18,19)20/h3-10,15H,2H2,1H3. The lowest BCUT2D eigenvalue weighted by Crippen LogP contribution is -2.10. The number of alkyl halides is 4. The molecule has 0 amide bonds. The van der Waals surface area contributed by atoms with Crippen LogP contribution in [0, 0.1) is 0 Å². The summed E-state index contributed by atoms with van der Waals surface area (Å²) in [7, 11) is 0. The van der Waals surface area contributed by atoms with Gasteiger partial charge in [0.25, 0.3) is 0 Å². The van der Waals surface area contributed by atoms with Crippen molar-refractivity contribution in [1.29, 1.82) is 0 Å². The number of rotatable bonds is 3. The lowest BCUT2D eigenvalue weighted by atomic mass is 9.98. The van der Waals surface area contributed by atoms with Crippen LogP contribution in [0.4, 0.5) is 13.2 Å². The second kappa shape index (κ2) is 5.88. The van der Waals surface area contributed by atoms with E-state index in [9.17, 15) is 13.2 Å². The van der Waals surface area contributed by atoms with Crippen LogP contribution < -0.4 is 0 Å². The fourth-order valence-electron chi connectivity index (χ4n) is 2.08. The number of hydrogen-bond donors (Lipinski definition) is 0. The summed E-state index contributed by atoms with van der Waals surface area (Å²) >= 11 is 6.24. The maximum Gasteiger partial charge on any atom is 0.416 e. The van der Waals surface area contributed by atoms with Gasteiger partial charge in [0.05, 0.1) is 10.9 Å². The van der Waals surface area contributed by atoms with E-state index < -0.39 is 17.1 Å². The average Bonchev–Trinajstić information content (AvgIpc) is 2.46. The summed E-state index contributed by atoms with van der Waals surface area (Å²) in [4.78, 5) is 0. The fourth-order valence-corrected chi connectivity index (χ4v) is 2.41. The molecule has 0 heterocycles. The molecule has 20 heavy (non-hydrogen) atoms. The molecule has 2 rings (SSSR count). The van der Waals surface area contributed by atoms with E-state index in [1.54, 1.807) is 18.2 Å². The van der Waals surface area contributed by atoms with Gasteiger partial charge in [-0.1, -0.05) is 49.4 Å². The SMILES string of the molecule is CCc1ccc(C(Cl)c2ccccc2C(F)(F)F)cc1. The minimum atomic E-state index is -4.40. The van der Waals surface area contributed by atoms with Gasteiger partial charge in [-0.15, -0.1) is 11.6 Å². The van der Waals surface area contributed by atoms with Gasteiger partial charge in [-0.3, -0.25) is 0 Å². The normalized spacial score (nSPS) is 13.2. The molecule has 0 saturated heterocycles. The molecule has 0 radical (unpaired) electrons. The molecule has 2 aromatic rings. The average molecular weight is 299 g/mol. The van der Waals surface area contributed by atoms with Gasteiger partial charge in [-0.25, -0.2) is 0 Å². The molecule has 0 aliphatic rings. The highest BCUT2D eigenvalue weighted by Crippen LogP contribution is 2.39. The zero-order valence-electron chi connectivity index (χ0n) is 10.9. The van der Waals surface area contributed by atoms with Crippen molar-refractivity contribution in [1.82, 2.24) is 0 Å². The first-order chi connectivity index (χ1) is 9.43. The largest absolute Gasteiger partial charge is 0.416 e. The minimum Gasteiger partial charge on any atom is -0.166 e. The first-order valence-electron chi connectivity index (χ1n) is 6.32. The molecule has 1 unspecified atom stereocenters. The number of aryl methyl sites for hydroxylation is 1. The molecule has 0 fully saturated rings. The zero-order chi connectivity index (χ0) is 14.8. The van der Waals surface area contributed by atoms with Crippen LogP contribution in [0.15, 0.2) is 48.5 Å². The smallest absolute Gasteiger partial charge is 0.166 e. The Hall–Kier alpha value is -1.48. The molecule has 4 heteroatoms. The van der Waals surface area contributed by atoms with Gasteiger partial charge < -0.3 is 0 Å². The summed E-state index contributed by atoms with van der Waals surface area (Å²) in [6, 6.07) is 12.8. The Kier molecular flexibility index (Phi) is 4.39. The second-order valence-corrected chi connectivity index (χ2v) is 4.98. The van der Waals surface area contributed by atoms with E-state index in [1.807, 2.05) is 19.1 Å². The topological polar surface area (TPSA) is 0 Å². The third-order valence-electron chi connectivity index (χ3n) is 3.22. The van der Waals surface area contributed by atoms with E-state index in [1.165, 1.54) is 12.1 Å². The maximum atomic E-state index is 13.0. The van der Waals surface area contributed by atoms with E-state index in [0.717, 1.165) is 18.1 Å². The van der Waals surface area contributed by atoms with Crippen molar-refractivity contribution in [2.45, 2.75) is 24.9 Å². The van der Waals surface area contributed by atoms with Crippen molar-refractivity contribution in [3.63, 3.8) is 0 Å². The summed E-state index contributed by atoms with van der Waals surface area (Å²) in [5.41, 5.74) is 1.20. The quantitative estimate of drug-likeness (QED) is 0.647. The lowest BCUT2D eigenvalue weighted by Gasteiger charge is -2.17. The highest BCUT2D eigenvalue weighted by molar-refractivity contribution is 6.22. The van der Waals surface area contributed by atoms with Crippen LogP contribution >= 0.6 is 11.6 Å². The Morgan fingerprint density at radius 3 is 2.15 bits per heavy atom. The van der Waals surface area contributed by atoms with Crippen LogP contribution in [-0.4, -0.2) is 0 Å². The van der Waals surface area contributed by atoms with Gasteiger partial charge >= 0.3 is 6.18 Å². The van der Waals surface area contributed by atoms with Crippen LogP contribution in [0.25, 0.3) is 0 Å². The van der Waals surface area contributed by atoms with Crippen molar-refractivity contribution in [3.8, 4) is 0 Å². The Morgan fingerprint density at radius 1 is 1.00 bits per heavy atom. The number of halogens is 4. The van der Waals surface area contributed by atoms with Crippen LogP contribution in [0.3, 0.4) is 0 Å². The highest BCUT2D eigenvalue weighted by Gasteiger charge is 2.34. The van der Waals surface area contributed by atoms with E-state index in [-0.39, 0.29) is 5.56 Å². The summed E-state index contributed by atoms with van der Waals surface area (Å²) in [5, 5.41) is -0.807. The van der Waals surface area contributed by atoms with Gasteiger partial charge in [0.2, 0.25) is 0 Å². The van der Waals surface area contributed by atoms with Crippen LogP contribution in [0.5, 0.6) is 0 Å². The van der Waals surface area contributed by atoms with E-state index in [4.69, 9.17) is 11.6 Å². The number of benzene rings is 2. The van der Waals surface area contributed by atoms with E-state index >= 15 is 0 Å². The molecule has 2 aromatic carbocycles. The monoisotopic (exact) mass is 298 g/mol. The summed E-state index contributed by atoms with van der Waals surface area (Å²) in [6.07, 6.45) is -3.51. The van der Waals surface area contributed by atoms with Crippen molar-refractivity contribution in [2.75, 3.05) is 0 Å². The van der Waals surface area contributed by atoms with Crippen LogP contribution in [0.2, 0.25) is 0 Å². The van der Waals surface area contributed by atoms with E-state index in [0.29, 0.717) is 5.56 Å². The zero-order valence-corrected chi connectivity index (χ0v) is 11.7. The Morgan fingerprint density at radius 2 is 1.60 bits per heavy atom. The predicted molar refractivity (Wildman–Crippen MR) is 75.0 cm³/mol. The van der Waals surface area contributed by atoms with E-state index in [2.05, 4.69) is 0 Å². The molecule has 0 spiro atoms. The highest BCUT2D eigenvalue weighted by atomic mass is 35.5. The molecular weight excluding hydrogens is 285 g/mol. The Balaban J connectivity index is 2.40. The third-order valence-corrected chi connectivity index (χ3v) is 3.71. The van der Waals surface area contributed by atoms with Gasteiger partial charge in [-0.05, 0) is 29.2 Å². The molecular formula is C16H14ClF3. The Bertz CT molecular complexity index is 573. The molecule has 0 nitrogen and oxygen atoms in total. The molecule has 0 aliphatic carbocycles. The van der Waals surface area contributed by atoms with Crippen molar-refractivity contribution >= 4 is 11.6 Å². The Labute approximate surface area is 121 Å². The summed E-state index contributed by atoms with van der Waals surface area (Å²) in [6.45, 7) is 2.02. The van der Waals surface area contributed by atoms with Gasteiger partial charge in [0, 0.05) is 0 Å². The molecule has 0 bridgehead atoms. The van der Waals surface area contributed by atoms with Crippen molar-refractivity contribution < 1.29 is 13.2 Å². The first-order valence-corrected chi connectivity index (χ1v) is 6.76. The third kappa shape index (κ3) is 3.15. The molecule has 0 N–H and O–H groups in total. The lowest BCUT2D eigenvalue weighted by molar-refractivity contribution is -0.138. The van der Waals surface area contributed by atoms with Gasteiger partial charge in [0.15, 0.2) is 0 Å². The minimum absolute atomic E-state index is 0.0888. The van der Waals surface area contributed by atoms with Crippen molar-refractivity contribution in [3.05, 3.63) is 70.8 Å². The number of hydrogen-bond acceptors (Lipinski definition) is 0. The summed E-state index contributed by atoms with van der Waals surface area (Å²) in [5.74, 6) is 0. The van der Waals surface area contributed by atoms with Crippen LogP contribution in [-0.2, 0) is 12.6 Å². The van der Waals surface area contributed by atoms with Crippen LogP contribution in [0.1, 0.15) is 34.6 Å². The molecule has 0 aliphatic heterocycles. The molecule has 1 atom stereocenters. The maximum absolute atomic E-state index is 13.0. The van der Waals surface area contributed by atoms with Gasteiger partial charge in [-0.2, -0.15) is 13.2 Å². The van der Waals surface area contributed by atoms with Crippen molar-refractivity contribution in [2.24, 2.45) is 0 Å². The fraction of sp³-hybridized carbons (Fsp3) is 0.250. The molecule has 106 valence electrons. The molecule has 0 aromatic heterocycles. The first kappa shape index (κ1) is 14.9.